The SMILES string of the molecule is COc1ccc(C)cc1CNC(CO)CCO. The Kier molecular flexibility index (Phi) is 5.97. The van der Waals surface area contributed by atoms with Gasteiger partial charge in [0.2, 0.25) is 0 Å². The summed E-state index contributed by atoms with van der Waals surface area (Å²) in [7, 11) is 1.64. The van der Waals surface area contributed by atoms with Gasteiger partial charge >= 0.3 is 0 Å². The van der Waals surface area contributed by atoms with E-state index in [-0.39, 0.29) is 19.3 Å². The molecule has 0 aromatic heterocycles. The summed E-state index contributed by atoms with van der Waals surface area (Å²) in [5, 5.41) is 21.1. The van der Waals surface area contributed by atoms with Gasteiger partial charge in [-0.3, -0.25) is 0 Å². The molecule has 0 spiro atoms. The van der Waals surface area contributed by atoms with Crippen LogP contribution in [0.5, 0.6) is 5.75 Å². The maximum Gasteiger partial charge on any atom is 0.123 e. The van der Waals surface area contributed by atoms with Crippen molar-refractivity contribution in [1.29, 1.82) is 0 Å². The molecule has 0 saturated heterocycles. The van der Waals surface area contributed by atoms with E-state index in [4.69, 9.17) is 14.9 Å². The van der Waals surface area contributed by atoms with E-state index in [1.54, 1.807) is 7.11 Å². The molecule has 96 valence electrons. The van der Waals surface area contributed by atoms with Gasteiger partial charge in [-0.05, 0) is 19.4 Å². The van der Waals surface area contributed by atoms with Crippen molar-refractivity contribution in [2.24, 2.45) is 0 Å². The summed E-state index contributed by atoms with van der Waals surface area (Å²) >= 11 is 0. The molecule has 17 heavy (non-hydrogen) atoms. The number of aliphatic hydroxyl groups excluding tert-OH is 2. The highest BCUT2D eigenvalue weighted by atomic mass is 16.5. The number of rotatable bonds is 7. The maximum atomic E-state index is 9.11. The Hall–Kier alpha value is -1.10. The number of ether oxygens (including phenoxy) is 1. The topological polar surface area (TPSA) is 61.7 Å². The maximum absolute atomic E-state index is 9.11. The van der Waals surface area contributed by atoms with Gasteiger partial charge < -0.3 is 20.3 Å². The predicted molar refractivity (Wildman–Crippen MR) is 67.1 cm³/mol. The van der Waals surface area contributed by atoms with Crippen molar-refractivity contribution in [3.8, 4) is 5.75 Å². The van der Waals surface area contributed by atoms with Gasteiger partial charge in [-0.2, -0.15) is 0 Å². The lowest BCUT2D eigenvalue weighted by Gasteiger charge is -2.16. The minimum absolute atomic E-state index is 0.0225. The Morgan fingerprint density at radius 3 is 2.71 bits per heavy atom. The van der Waals surface area contributed by atoms with Crippen LogP contribution in [0.2, 0.25) is 0 Å². The van der Waals surface area contributed by atoms with Crippen LogP contribution in [0, 0.1) is 6.92 Å². The van der Waals surface area contributed by atoms with Gasteiger partial charge in [0, 0.05) is 24.8 Å². The number of aliphatic hydroxyl groups is 2. The van der Waals surface area contributed by atoms with Crippen molar-refractivity contribution < 1.29 is 14.9 Å². The molecule has 3 N–H and O–H groups in total. The lowest BCUT2D eigenvalue weighted by Crippen LogP contribution is -2.32. The molecule has 0 bridgehead atoms. The highest BCUT2D eigenvalue weighted by Crippen LogP contribution is 2.19. The van der Waals surface area contributed by atoms with Crippen molar-refractivity contribution in [3.05, 3.63) is 29.3 Å². The van der Waals surface area contributed by atoms with E-state index < -0.39 is 0 Å². The third-order valence-corrected chi connectivity index (χ3v) is 2.72. The van der Waals surface area contributed by atoms with Gasteiger partial charge in [0.25, 0.3) is 0 Å². The fourth-order valence-electron chi connectivity index (χ4n) is 1.71. The molecular weight excluding hydrogens is 218 g/mol. The number of hydrogen-bond acceptors (Lipinski definition) is 4. The van der Waals surface area contributed by atoms with Crippen LogP contribution >= 0.6 is 0 Å². The van der Waals surface area contributed by atoms with Crippen molar-refractivity contribution in [1.82, 2.24) is 5.32 Å². The van der Waals surface area contributed by atoms with Crippen LogP contribution in [0.15, 0.2) is 18.2 Å². The molecule has 1 unspecified atom stereocenters. The normalized spacial score (nSPS) is 12.5. The van der Waals surface area contributed by atoms with Crippen molar-refractivity contribution in [2.45, 2.75) is 25.9 Å². The van der Waals surface area contributed by atoms with E-state index in [9.17, 15) is 0 Å². The van der Waals surface area contributed by atoms with Gasteiger partial charge in [0.15, 0.2) is 0 Å². The van der Waals surface area contributed by atoms with Crippen LogP contribution < -0.4 is 10.1 Å². The molecule has 0 radical (unpaired) electrons. The number of benzene rings is 1. The minimum Gasteiger partial charge on any atom is -0.496 e. The highest BCUT2D eigenvalue weighted by Gasteiger charge is 2.08. The molecule has 0 aliphatic carbocycles. The lowest BCUT2D eigenvalue weighted by atomic mass is 10.1. The summed E-state index contributed by atoms with van der Waals surface area (Å²) < 4.78 is 5.27. The summed E-state index contributed by atoms with van der Waals surface area (Å²) in [6, 6.07) is 5.91. The monoisotopic (exact) mass is 239 g/mol. The molecule has 0 fully saturated rings. The summed E-state index contributed by atoms with van der Waals surface area (Å²) in [4.78, 5) is 0. The number of aryl methyl sites for hydroxylation is 1. The number of hydrogen-bond donors (Lipinski definition) is 3. The zero-order valence-corrected chi connectivity index (χ0v) is 10.4. The second kappa shape index (κ2) is 7.27. The first-order valence-corrected chi connectivity index (χ1v) is 5.80. The largest absolute Gasteiger partial charge is 0.496 e. The van der Waals surface area contributed by atoms with Gasteiger partial charge in [-0.1, -0.05) is 17.7 Å². The first-order chi connectivity index (χ1) is 8.21. The zero-order valence-electron chi connectivity index (χ0n) is 10.4. The van der Waals surface area contributed by atoms with Crippen molar-refractivity contribution in [3.63, 3.8) is 0 Å². The number of methoxy groups -OCH3 is 1. The third kappa shape index (κ3) is 4.34. The summed E-state index contributed by atoms with van der Waals surface area (Å²) in [5.74, 6) is 0.837. The molecule has 4 heteroatoms. The number of nitrogens with one attached hydrogen (secondary N) is 1. The smallest absolute Gasteiger partial charge is 0.123 e. The predicted octanol–water partition coefficient (Wildman–Crippen LogP) is 0.837. The quantitative estimate of drug-likeness (QED) is 0.660. The summed E-state index contributed by atoms with van der Waals surface area (Å²) in [6.45, 7) is 2.74. The van der Waals surface area contributed by atoms with Gasteiger partial charge in [0.05, 0.1) is 13.7 Å². The molecule has 1 aromatic carbocycles. The van der Waals surface area contributed by atoms with Crippen LogP contribution in [0.25, 0.3) is 0 Å². The first-order valence-electron chi connectivity index (χ1n) is 5.80. The fourth-order valence-corrected chi connectivity index (χ4v) is 1.71. The molecule has 4 nitrogen and oxygen atoms in total. The third-order valence-electron chi connectivity index (χ3n) is 2.72. The second-order valence-corrected chi connectivity index (χ2v) is 4.09. The molecule has 0 amide bonds. The molecule has 0 aliphatic rings. The Bertz CT molecular complexity index is 341. The average molecular weight is 239 g/mol. The molecular formula is C13H21NO3. The van der Waals surface area contributed by atoms with E-state index >= 15 is 0 Å². The molecule has 0 heterocycles. The fraction of sp³-hybridized carbons (Fsp3) is 0.538. The average Bonchev–Trinajstić information content (AvgIpc) is 2.34. The van der Waals surface area contributed by atoms with Gasteiger partial charge in [-0.25, -0.2) is 0 Å². The van der Waals surface area contributed by atoms with Crippen LogP contribution in [-0.2, 0) is 6.54 Å². The van der Waals surface area contributed by atoms with E-state index in [0.717, 1.165) is 11.3 Å². The molecule has 0 aliphatic heterocycles. The standard InChI is InChI=1S/C13H21NO3/c1-10-3-4-13(17-2)11(7-10)8-14-12(9-16)5-6-15/h3-4,7,12,14-16H,5-6,8-9H2,1-2H3. The van der Waals surface area contributed by atoms with E-state index in [1.165, 1.54) is 5.56 Å². The Morgan fingerprint density at radius 2 is 2.12 bits per heavy atom. The second-order valence-electron chi connectivity index (χ2n) is 4.09. The Labute approximate surface area is 102 Å². The van der Waals surface area contributed by atoms with Crippen LogP contribution in [-0.4, -0.2) is 36.6 Å². The molecule has 0 saturated carbocycles. The summed E-state index contributed by atoms with van der Waals surface area (Å²) in [5.41, 5.74) is 2.23. The minimum atomic E-state index is -0.0785. The zero-order chi connectivity index (χ0) is 12.7. The first kappa shape index (κ1) is 14.0. The lowest BCUT2D eigenvalue weighted by molar-refractivity contribution is 0.199. The summed E-state index contributed by atoms with van der Waals surface area (Å²) in [6.07, 6.45) is 0.546. The molecule has 1 aromatic rings. The Balaban J connectivity index is 2.63. The van der Waals surface area contributed by atoms with E-state index in [0.29, 0.717) is 13.0 Å². The molecule has 1 atom stereocenters. The molecule has 1 rings (SSSR count). The Morgan fingerprint density at radius 1 is 1.35 bits per heavy atom. The van der Waals surface area contributed by atoms with Crippen LogP contribution in [0.3, 0.4) is 0 Å². The van der Waals surface area contributed by atoms with Crippen LogP contribution in [0.4, 0.5) is 0 Å². The van der Waals surface area contributed by atoms with Crippen molar-refractivity contribution in [2.75, 3.05) is 20.3 Å². The van der Waals surface area contributed by atoms with Gasteiger partial charge in [-0.15, -0.1) is 0 Å². The highest BCUT2D eigenvalue weighted by molar-refractivity contribution is 5.36. The van der Waals surface area contributed by atoms with Gasteiger partial charge in [0.1, 0.15) is 5.75 Å². The van der Waals surface area contributed by atoms with Crippen LogP contribution in [0.1, 0.15) is 17.5 Å². The van der Waals surface area contributed by atoms with Crippen molar-refractivity contribution >= 4 is 0 Å². The van der Waals surface area contributed by atoms with E-state index in [1.807, 2.05) is 19.1 Å². The van der Waals surface area contributed by atoms with E-state index in [2.05, 4.69) is 11.4 Å².